The third-order valence-electron chi connectivity index (χ3n) is 4.16. The van der Waals surface area contributed by atoms with Crippen LogP contribution in [0.2, 0.25) is 0 Å². The Hall–Kier alpha value is -1.06. The first-order chi connectivity index (χ1) is 9.98. The van der Waals surface area contributed by atoms with Gasteiger partial charge in [-0.05, 0) is 41.9 Å². The maximum Gasteiger partial charge on any atom is 0.0460 e. The lowest BCUT2D eigenvalue weighted by molar-refractivity contribution is 0.203. The third kappa shape index (κ3) is 5.33. The van der Waals surface area contributed by atoms with Crippen LogP contribution in [0.3, 0.4) is 0 Å². The molecule has 1 fully saturated rings. The second kappa shape index (κ2) is 7.28. The largest absolute Gasteiger partial charge is 0.396 e. The lowest BCUT2D eigenvalue weighted by atomic mass is 9.97. The Balaban J connectivity index is 1.82. The van der Waals surface area contributed by atoms with E-state index in [0.29, 0.717) is 17.9 Å². The van der Waals surface area contributed by atoms with E-state index in [4.69, 9.17) is 0 Å². The molecule has 3 heteroatoms. The van der Waals surface area contributed by atoms with Gasteiger partial charge in [0, 0.05) is 38.5 Å². The fourth-order valence-electron chi connectivity index (χ4n) is 2.78. The predicted octanol–water partition coefficient (Wildman–Crippen LogP) is 3.03. The standard InChI is InChI=1S/C18H30N2O/c1-18(2,3)14-19-12-15-4-6-17(7-5-15)20-10-8-16(13-21)9-11-20/h4-7,16,19,21H,8-14H2,1-3H3. The van der Waals surface area contributed by atoms with Crippen LogP contribution in [0.25, 0.3) is 0 Å². The number of nitrogens with zero attached hydrogens (tertiary/aromatic N) is 1. The van der Waals surface area contributed by atoms with Gasteiger partial charge in [-0.25, -0.2) is 0 Å². The predicted molar refractivity (Wildman–Crippen MR) is 89.6 cm³/mol. The quantitative estimate of drug-likeness (QED) is 0.875. The van der Waals surface area contributed by atoms with Gasteiger partial charge in [-0.1, -0.05) is 32.9 Å². The fourth-order valence-corrected chi connectivity index (χ4v) is 2.78. The maximum atomic E-state index is 9.20. The van der Waals surface area contributed by atoms with Crippen molar-refractivity contribution in [2.75, 3.05) is 31.1 Å². The minimum atomic E-state index is 0.330. The summed E-state index contributed by atoms with van der Waals surface area (Å²) < 4.78 is 0. The van der Waals surface area contributed by atoms with Crippen LogP contribution in [0.1, 0.15) is 39.2 Å². The van der Waals surface area contributed by atoms with Gasteiger partial charge in [0.2, 0.25) is 0 Å². The monoisotopic (exact) mass is 290 g/mol. The van der Waals surface area contributed by atoms with Crippen molar-refractivity contribution in [3.8, 4) is 0 Å². The topological polar surface area (TPSA) is 35.5 Å². The van der Waals surface area contributed by atoms with Crippen LogP contribution in [-0.2, 0) is 6.54 Å². The summed E-state index contributed by atoms with van der Waals surface area (Å²) in [5.41, 5.74) is 2.98. The average Bonchev–Trinajstić information content (AvgIpc) is 2.47. The first-order valence-corrected chi connectivity index (χ1v) is 8.13. The minimum Gasteiger partial charge on any atom is -0.396 e. The Morgan fingerprint density at radius 2 is 1.76 bits per heavy atom. The van der Waals surface area contributed by atoms with Gasteiger partial charge in [-0.2, -0.15) is 0 Å². The number of hydrogen-bond acceptors (Lipinski definition) is 3. The Morgan fingerprint density at radius 1 is 1.14 bits per heavy atom. The molecule has 1 saturated heterocycles. The molecule has 1 aliphatic heterocycles. The second-order valence-corrected chi connectivity index (χ2v) is 7.44. The molecular formula is C18H30N2O. The van der Waals surface area contributed by atoms with Gasteiger partial charge < -0.3 is 15.3 Å². The molecule has 0 atom stereocenters. The molecule has 118 valence electrons. The van der Waals surface area contributed by atoms with Crippen LogP contribution in [0.4, 0.5) is 5.69 Å². The van der Waals surface area contributed by atoms with Crippen molar-refractivity contribution in [1.29, 1.82) is 0 Å². The molecule has 1 aromatic rings. The summed E-state index contributed by atoms with van der Waals surface area (Å²) in [7, 11) is 0. The molecule has 2 rings (SSSR count). The van der Waals surface area contributed by atoms with Crippen molar-refractivity contribution in [3.63, 3.8) is 0 Å². The summed E-state index contributed by atoms with van der Waals surface area (Å²) in [6.45, 7) is 11.2. The number of anilines is 1. The molecule has 21 heavy (non-hydrogen) atoms. The normalized spacial score (nSPS) is 17.2. The van der Waals surface area contributed by atoms with Gasteiger partial charge >= 0.3 is 0 Å². The maximum absolute atomic E-state index is 9.20. The molecule has 0 aliphatic carbocycles. The van der Waals surface area contributed by atoms with Gasteiger partial charge in [0.15, 0.2) is 0 Å². The molecular weight excluding hydrogens is 260 g/mol. The van der Waals surface area contributed by atoms with Crippen LogP contribution >= 0.6 is 0 Å². The molecule has 1 heterocycles. The number of hydrogen-bond donors (Lipinski definition) is 2. The lowest BCUT2D eigenvalue weighted by Gasteiger charge is -2.33. The molecule has 0 radical (unpaired) electrons. The van der Waals surface area contributed by atoms with E-state index >= 15 is 0 Å². The summed E-state index contributed by atoms with van der Waals surface area (Å²) in [4.78, 5) is 2.43. The lowest BCUT2D eigenvalue weighted by Crippen LogP contribution is -2.34. The van der Waals surface area contributed by atoms with E-state index in [2.05, 4.69) is 55.3 Å². The smallest absolute Gasteiger partial charge is 0.0460 e. The SMILES string of the molecule is CC(C)(C)CNCc1ccc(N2CCC(CO)CC2)cc1. The first kappa shape index (κ1) is 16.3. The van der Waals surface area contributed by atoms with Crippen molar-refractivity contribution < 1.29 is 5.11 Å². The Bertz CT molecular complexity index is 414. The summed E-state index contributed by atoms with van der Waals surface area (Å²) in [5, 5.41) is 12.7. The molecule has 2 N–H and O–H groups in total. The van der Waals surface area contributed by atoms with Crippen LogP contribution in [0.15, 0.2) is 24.3 Å². The van der Waals surface area contributed by atoms with Crippen molar-refractivity contribution >= 4 is 5.69 Å². The number of rotatable bonds is 5. The Morgan fingerprint density at radius 3 is 2.29 bits per heavy atom. The van der Waals surface area contributed by atoms with Crippen molar-refractivity contribution in [3.05, 3.63) is 29.8 Å². The van der Waals surface area contributed by atoms with E-state index in [0.717, 1.165) is 39.0 Å². The van der Waals surface area contributed by atoms with Crippen LogP contribution in [0.5, 0.6) is 0 Å². The molecule has 1 aliphatic rings. The molecule has 3 nitrogen and oxygen atoms in total. The number of aliphatic hydroxyl groups excluding tert-OH is 1. The van der Waals surface area contributed by atoms with Gasteiger partial charge in [-0.3, -0.25) is 0 Å². The van der Waals surface area contributed by atoms with Gasteiger partial charge in [0.05, 0.1) is 0 Å². The van der Waals surface area contributed by atoms with E-state index in [1.54, 1.807) is 0 Å². The van der Waals surface area contributed by atoms with Crippen molar-refractivity contribution in [1.82, 2.24) is 5.32 Å². The number of nitrogens with one attached hydrogen (secondary N) is 1. The third-order valence-corrected chi connectivity index (χ3v) is 4.16. The summed E-state index contributed by atoms with van der Waals surface area (Å²) in [6, 6.07) is 8.91. The zero-order valence-electron chi connectivity index (χ0n) is 13.7. The van der Waals surface area contributed by atoms with Gasteiger partial charge in [0.1, 0.15) is 0 Å². The van der Waals surface area contributed by atoms with E-state index in [9.17, 15) is 5.11 Å². The Kier molecular flexibility index (Phi) is 5.65. The highest BCUT2D eigenvalue weighted by molar-refractivity contribution is 5.47. The van der Waals surface area contributed by atoms with E-state index in [1.165, 1.54) is 11.3 Å². The van der Waals surface area contributed by atoms with Crippen LogP contribution < -0.4 is 10.2 Å². The summed E-state index contributed by atoms with van der Waals surface area (Å²) in [6.07, 6.45) is 2.21. The minimum absolute atomic E-state index is 0.330. The molecule has 0 bridgehead atoms. The molecule has 0 aromatic heterocycles. The molecule has 0 spiro atoms. The second-order valence-electron chi connectivity index (χ2n) is 7.44. The summed E-state index contributed by atoms with van der Waals surface area (Å²) >= 11 is 0. The zero-order valence-corrected chi connectivity index (χ0v) is 13.7. The molecule has 0 amide bonds. The highest BCUT2D eigenvalue weighted by atomic mass is 16.3. The van der Waals surface area contributed by atoms with E-state index in [1.807, 2.05) is 0 Å². The number of benzene rings is 1. The average molecular weight is 290 g/mol. The molecule has 0 unspecified atom stereocenters. The summed E-state index contributed by atoms with van der Waals surface area (Å²) in [5.74, 6) is 0.502. The number of aliphatic hydroxyl groups is 1. The van der Waals surface area contributed by atoms with Crippen molar-refractivity contribution in [2.45, 2.75) is 40.2 Å². The van der Waals surface area contributed by atoms with E-state index < -0.39 is 0 Å². The first-order valence-electron chi connectivity index (χ1n) is 8.13. The van der Waals surface area contributed by atoms with Gasteiger partial charge in [0.25, 0.3) is 0 Å². The van der Waals surface area contributed by atoms with Crippen LogP contribution in [-0.4, -0.2) is 31.3 Å². The number of piperidine rings is 1. The molecule has 0 saturated carbocycles. The Labute approximate surface area is 129 Å². The van der Waals surface area contributed by atoms with Gasteiger partial charge in [-0.15, -0.1) is 0 Å². The van der Waals surface area contributed by atoms with Crippen molar-refractivity contribution in [2.24, 2.45) is 11.3 Å². The highest BCUT2D eigenvalue weighted by Crippen LogP contribution is 2.23. The zero-order chi connectivity index (χ0) is 15.3. The van der Waals surface area contributed by atoms with Crippen LogP contribution in [0, 0.1) is 11.3 Å². The molecule has 1 aromatic carbocycles. The fraction of sp³-hybridized carbons (Fsp3) is 0.667. The highest BCUT2D eigenvalue weighted by Gasteiger charge is 2.18. The van der Waals surface area contributed by atoms with E-state index in [-0.39, 0.29) is 0 Å².